The third kappa shape index (κ3) is 3.29. The molecule has 1 rings (SSSR count). The molecule has 0 bridgehead atoms. The lowest BCUT2D eigenvalue weighted by Crippen LogP contribution is -2.43. The highest BCUT2D eigenvalue weighted by Gasteiger charge is 2.12. The molecule has 15 heavy (non-hydrogen) atoms. The van der Waals surface area contributed by atoms with E-state index in [1.807, 2.05) is 0 Å². The Morgan fingerprint density at radius 1 is 1.67 bits per heavy atom. The highest BCUT2D eigenvalue weighted by molar-refractivity contribution is 5.86. The van der Waals surface area contributed by atoms with Gasteiger partial charge in [0.2, 0.25) is 11.8 Å². The van der Waals surface area contributed by atoms with Crippen LogP contribution >= 0.6 is 0 Å². The first kappa shape index (κ1) is 11.0. The first-order valence-corrected chi connectivity index (χ1v) is 4.35. The molecule has 2 amide bonds. The molecular formula is C8H13N5O2. The summed E-state index contributed by atoms with van der Waals surface area (Å²) in [7, 11) is 0. The number of nitrogens with one attached hydrogen (secondary N) is 1. The van der Waals surface area contributed by atoms with E-state index >= 15 is 0 Å². The fourth-order valence-electron chi connectivity index (χ4n) is 0.971. The zero-order valence-corrected chi connectivity index (χ0v) is 8.30. The molecule has 1 atom stereocenters. The number of nitrogens with zero attached hydrogens (tertiary/aromatic N) is 2. The molecule has 0 saturated heterocycles. The van der Waals surface area contributed by atoms with Crippen molar-refractivity contribution in [2.75, 3.05) is 5.73 Å². The smallest absolute Gasteiger partial charge is 0.242 e. The lowest BCUT2D eigenvalue weighted by atomic mass is 10.3. The molecule has 0 spiro atoms. The van der Waals surface area contributed by atoms with Crippen LogP contribution in [0.2, 0.25) is 0 Å². The topological polar surface area (TPSA) is 116 Å². The van der Waals surface area contributed by atoms with Gasteiger partial charge in [-0.25, -0.2) is 0 Å². The van der Waals surface area contributed by atoms with Crippen molar-refractivity contribution in [2.45, 2.75) is 19.5 Å². The minimum atomic E-state index is -0.689. The number of nitrogens with two attached hydrogens (primary N) is 2. The summed E-state index contributed by atoms with van der Waals surface area (Å²) in [5.74, 6) is -0.923. The average Bonchev–Trinajstić information content (AvgIpc) is 2.50. The highest BCUT2D eigenvalue weighted by Crippen LogP contribution is 1.97. The summed E-state index contributed by atoms with van der Waals surface area (Å²) < 4.78 is 1.37. The quantitative estimate of drug-likeness (QED) is 0.559. The molecule has 0 aliphatic heterocycles. The minimum Gasteiger partial charge on any atom is -0.396 e. The van der Waals surface area contributed by atoms with E-state index in [9.17, 15) is 9.59 Å². The number of anilines is 1. The van der Waals surface area contributed by atoms with Gasteiger partial charge in [-0.1, -0.05) is 0 Å². The molecule has 7 heteroatoms. The zero-order valence-electron chi connectivity index (χ0n) is 8.30. The third-order valence-corrected chi connectivity index (χ3v) is 1.76. The SMILES string of the molecule is CC(NC(=O)Cn1cc(N)cn1)C(N)=O. The van der Waals surface area contributed by atoms with Crippen LogP contribution in [0, 0.1) is 0 Å². The normalized spacial score (nSPS) is 12.1. The van der Waals surface area contributed by atoms with Gasteiger partial charge in [0.1, 0.15) is 12.6 Å². The maximum absolute atomic E-state index is 11.3. The average molecular weight is 211 g/mol. The number of amides is 2. The summed E-state index contributed by atoms with van der Waals surface area (Å²) in [6.45, 7) is 1.52. The standard InChI is InChI=1S/C8H13N5O2/c1-5(8(10)15)12-7(14)4-13-3-6(9)2-11-13/h2-3,5H,4,9H2,1H3,(H2,10,15)(H,12,14). The summed E-state index contributed by atoms with van der Waals surface area (Å²) in [6, 6.07) is -0.689. The van der Waals surface area contributed by atoms with Crippen LogP contribution in [-0.2, 0) is 16.1 Å². The number of primary amides is 1. The molecule has 1 heterocycles. The second kappa shape index (κ2) is 4.45. The van der Waals surface area contributed by atoms with Crippen LogP contribution in [-0.4, -0.2) is 27.6 Å². The van der Waals surface area contributed by atoms with Gasteiger partial charge in [-0.15, -0.1) is 0 Å². The number of nitrogen functional groups attached to an aromatic ring is 1. The molecule has 0 aliphatic rings. The van der Waals surface area contributed by atoms with Crippen molar-refractivity contribution in [3.05, 3.63) is 12.4 Å². The van der Waals surface area contributed by atoms with E-state index in [-0.39, 0.29) is 12.5 Å². The van der Waals surface area contributed by atoms with Gasteiger partial charge in [0.05, 0.1) is 11.9 Å². The number of rotatable bonds is 4. The molecule has 82 valence electrons. The van der Waals surface area contributed by atoms with E-state index in [4.69, 9.17) is 11.5 Å². The Kier molecular flexibility index (Phi) is 3.27. The van der Waals surface area contributed by atoms with Crippen LogP contribution in [0.15, 0.2) is 12.4 Å². The van der Waals surface area contributed by atoms with Gasteiger partial charge in [0, 0.05) is 6.20 Å². The predicted molar refractivity (Wildman–Crippen MR) is 53.4 cm³/mol. The van der Waals surface area contributed by atoms with Gasteiger partial charge in [-0.3, -0.25) is 14.3 Å². The number of carbonyl (C=O) groups excluding carboxylic acids is 2. The number of aromatic nitrogens is 2. The minimum absolute atomic E-state index is 0.00875. The van der Waals surface area contributed by atoms with Gasteiger partial charge in [-0.2, -0.15) is 5.10 Å². The fourth-order valence-corrected chi connectivity index (χ4v) is 0.971. The Morgan fingerprint density at radius 2 is 2.33 bits per heavy atom. The summed E-state index contributed by atoms with van der Waals surface area (Å²) >= 11 is 0. The van der Waals surface area contributed by atoms with Crippen molar-refractivity contribution in [1.82, 2.24) is 15.1 Å². The number of hydrogen-bond acceptors (Lipinski definition) is 4. The van der Waals surface area contributed by atoms with Crippen LogP contribution < -0.4 is 16.8 Å². The predicted octanol–water partition coefficient (Wildman–Crippen LogP) is -1.54. The summed E-state index contributed by atoms with van der Waals surface area (Å²) in [4.78, 5) is 22.0. The van der Waals surface area contributed by atoms with Gasteiger partial charge >= 0.3 is 0 Å². The summed E-state index contributed by atoms with van der Waals surface area (Å²) in [6.07, 6.45) is 2.96. The van der Waals surface area contributed by atoms with E-state index in [1.165, 1.54) is 24.0 Å². The maximum atomic E-state index is 11.3. The fraction of sp³-hybridized carbons (Fsp3) is 0.375. The lowest BCUT2D eigenvalue weighted by molar-refractivity contribution is -0.127. The zero-order chi connectivity index (χ0) is 11.4. The van der Waals surface area contributed by atoms with Crippen molar-refractivity contribution < 1.29 is 9.59 Å². The molecule has 0 radical (unpaired) electrons. The maximum Gasteiger partial charge on any atom is 0.242 e. The molecular weight excluding hydrogens is 198 g/mol. The van der Waals surface area contributed by atoms with Crippen molar-refractivity contribution in [3.63, 3.8) is 0 Å². The lowest BCUT2D eigenvalue weighted by Gasteiger charge is -2.09. The van der Waals surface area contributed by atoms with Crippen LogP contribution in [0.25, 0.3) is 0 Å². The Balaban J connectivity index is 2.46. The summed E-state index contributed by atoms with van der Waals surface area (Å²) in [5.41, 5.74) is 10.9. The third-order valence-electron chi connectivity index (χ3n) is 1.76. The van der Waals surface area contributed by atoms with Gasteiger partial charge in [-0.05, 0) is 6.92 Å². The molecule has 1 aromatic heterocycles. The number of carbonyl (C=O) groups is 2. The Hall–Kier alpha value is -2.05. The molecule has 0 aliphatic carbocycles. The molecule has 1 unspecified atom stereocenters. The van der Waals surface area contributed by atoms with Crippen molar-refractivity contribution >= 4 is 17.5 Å². The second-order valence-corrected chi connectivity index (χ2v) is 3.16. The van der Waals surface area contributed by atoms with Crippen LogP contribution in [0.4, 0.5) is 5.69 Å². The van der Waals surface area contributed by atoms with Crippen molar-refractivity contribution in [1.29, 1.82) is 0 Å². The largest absolute Gasteiger partial charge is 0.396 e. The van der Waals surface area contributed by atoms with Crippen LogP contribution in [0.5, 0.6) is 0 Å². The summed E-state index contributed by atoms with van der Waals surface area (Å²) in [5, 5.41) is 6.24. The first-order valence-electron chi connectivity index (χ1n) is 4.35. The van der Waals surface area contributed by atoms with E-state index in [0.29, 0.717) is 5.69 Å². The van der Waals surface area contributed by atoms with Crippen molar-refractivity contribution in [3.8, 4) is 0 Å². The van der Waals surface area contributed by atoms with Gasteiger partial charge < -0.3 is 16.8 Å². The molecule has 5 N–H and O–H groups in total. The molecule has 0 aromatic carbocycles. The van der Waals surface area contributed by atoms with Gasteiger partial charge in [0.15, 0.2) is 0 Å². The highest BCUT2D eigenvalue weighted by atomic mass is 16.2. The Morgan fingerprint density at radius 3 is 2.80 bits per heavy atom. The van der Waals surface area contributed by atoms with E-state index < -0.39 is 11.9 Å². The van der Waals surface area contributed by atoms with E-state index in [0.717, 1.165) is 0 Å². The molecule has 0 saturated carbocycles. The first-order chi connectivity index (χ1) is 6.99. The Bertz CT molecular complexity index is 373. The van der Waals surface area contributed by atoms with E-state index in [2.05, 4.69) is 10.4 Å². The molecule has 7 nitrogen and oxygen atoms in total. The van der Waals surface area contributed by atoms with E-state index in [1.54, 1.807) is 0 Å². The van der Waals surface area contributed by atoms with Crippen LogP contribution in [0.3, 0.4) is 0 Å². The monoisotopic (exact) mass is 211 g/mol. The van der Waals surface area contributed by atoms with Crippen LogP contribution in [0.1, 0.15) is 6.92 Å². The molecule has 1 aromatic rings. The molecule has 0 fully saturated rings. The Labute approximate surface area is 86.4 Å². The van der Waals surface area contributed by atoms with Crippen molar-refractivity contribution in [2.24, 2.45) is 5.73 Å². The van der Waals surface area contributed by atoms with Gasteiger partial charge in [0.25, 0.3) is 0 Å². The second-order valence-electron chi connectivity index (χ2n) is 3.16. The number of hydrogen-bond donors (Lipinski definition) is 3.